The first kappa shape index (κ1) is 24.0. The van der Waals surface area contributed by atoms with Crippen LogP contribution in [0.4, 0.5) is 0 Å². The molecule has 2 aromatic carbocycles. The summed E-state index contributed by atoms with van der Waals surface area (Å²) in [6.45, 7) is 2.77. The van der Waals surface area contributed by atoms with Crippen molar-refractivity contribution in [2.75, 3.05) is 14.2 Å². The molecule has 6 heteroatoms. The average Bonchev–Trinajstić information content (AvgIpc) is 2.76. The first-order valence-corrected chi connectivity index (χ1v) is 10.1. The Labute approximate surface area is 182 Å². The van der Waals surface area contributed by atoms with Crippen molar-refractivity contribution in [1.82, 2.24) is 0 Å². The minimum atomic E-state index is -0.859. The molecule has 0 aliphatic heterocycles. The van der Waals surface area contributed by atoms with Gasteiger partial charge in [0.2, 0.25) is 0 Å². The number of Topliss-reactive ketones (excluding diaryl/α,β-unsaturated/α-hetero) is 2. The Bertz CT molecular complexity index is 884. The van der Waals surface area contributed by atoms with Gasteiger partial charge in [-0.25, -0.2) is 0 Å². The maximum Gasteiger partial charge on any atom is 0.316 e. The summed E-state index contributed by atoms with van der Waals surface area (Å²) in [7, 11) is 2.54. The molecule has 0 spiro atoms. The molecule has 0 aliphatic carbocycles. The van der Waals surface area contributed by atoms with Crippen LogP contribution < -0.4 is 0 Å². The highest BCUT2D eigenvalue weighted by molar-refractivity contribution is 5.98. The number of hydrogen-bond acceptors (Lipinski definition) is 6. The van der Waals surface area contributed by atoms with Crippen LogP contribution in [0.25, 0.3) is 0 Å². The molecule has 0 saturated heterocycles. The largest absolute Gasteiger partial charge is 0.468 e. The molecule has 2 aromatic rings. The van der Waals surface area contributed by atoms with Gasteiger partial charge in [-0.15, -0.1) is 0 Å². The van der Waals surface area contributed by atoms with Crippen molar-refractivity contribution in [3.63, 3.8) is 0 Å². The minimum absolute atomic E-state index is 0.246. The molecule has 6 nitrogen and oxygen atoms in total. The van der Waals surface area contributed by atoms with Crippen molar-refractivity contribution >= 4 is 23.5 Å². The molecule has 0 aliphatic rings. The lowest BCUT2D eigenvalue weighted by atomic mass is 9.87. The summed E-state index contributed by atoms with van der Waals surface area (Å²) in [5.74, 6) is -3.31. The van der Waals surface area contributed by atoms with Gasteiger partial charge in [-0.2, -0.15) is 0 Å². The van der Waals surface area contributed by atoms with Gasteiger partial charge in [0.1, 0.15) is 23.4 Å². The second-order valence-electron chi connectivity index (χ2n) is 7.50. The molecule has 0 N–H and O–H groups in total. The molecule has 0 heterocycles. The van der Waals surface area contributed by atoms with E-state index in [2.05, 4.69) is 0 Å². The Morgan fingerprint density at radius 3 is 1.26 bits per heavy atom. The Morgan fingerprint density at radius 1 is 0.645 bits per heavy atom. The first-order chi connectivity index (χ1) is 14.8. The summed E-state index contributed by atoms with van der Waals surface area (Å²) in [4.78, 5) is 48.0. The Hall–Kier alpha value is -3.28. The summed E-state index contributed by atoms with van der Waals surface area (Å²) in [5, 5.41) is 0. The van der Waals surface area contributed by atoms with Gasteiger partial charge < -0.3 is 9.47 Å². The highest BCUT2D eigenvalue weighted by atomic mass is 16.5. The Balaban J connectivity index is 2.34. The van der Waals surface area contributed by atoms with Crippen LogP contribution in [-0.4, -0.2) is 37.7 Å². The van der Waals surface area contributed by atoms with Crippen molar-refractivity contribution in [2.45, 2.75) is 33.1 Å². The van der Waals surface area contributed by atoms with E-state index >= 15 is 0 Å². The monoisotopic (exact) mass is 424 g/mol. The fourth-order valence-electron chi connectivity index (χ4n) is 3.57. The smallest absolute Gasteiger partial charge is 0.316 e. The SMILES string of the molecule is COC(=O)C(Cc1ccccc1Cc1ccccc1CC(C(C)=O)C(=O)OC)C(C)=O. The van der Waals surface area contributed by atoms with Crippen molar-refractivity contribution < 1.29 is 28.7 Å². The number of hydrogen-bond donors (Lipinski definition) is 0. The molecule has 0 aromatic heterocycles. The van der Waals surface area contributed by atoms with E-state index in [1.54, 1.807) is 0 Å². The minimum Gasteiger partial charge on any atom is -0.468 e. The fourth-order valence-corrected chi connectivity index (χ4v) is 3.57. The summed E-state index contributed by atoms with van der Waals surface area (Å²) in [6.07, 6.45) is 1.03. The van der Waals surface area contributed by atoms with Gasteiger partial charge in [-0.05, 0) is 55.4 Å². The summed E-state index contributed by atoms with van der Waals surface area (Å²) >= 11 is 0. The van der Waals surface area contributed by atoms with Crippen LogP contribution in [0.3, 0.4) is 0 Å². The maximum atomic E-state index is 12.0. The summed E-state index contributed by atoms with van der Waals surface area (Å²) < 4.78 is 9.57. The highest BCUT2D eigenvalue weighted by Crippen LogP contribution is 2.23. The number of ether oxygens (including phenoxy) is 2. The predicted octanol–water partition coefficient (Wildman–Crippen LogP) is 3.12. The van der Waals surface area contributed by atoms with Gasteiger partial charge in [0.25, 0.3) is 0 Å². The van der Waals surface area contributed by atoms with Crippen LogP contribution in [0.1, 0.15) is 36.1 Å². The third-order valence-electron chi connectivity index (χ3n) is 5.42. The van der Waals surface area contributed by atoms with E-state index in [0.29, 0.717) is 6.42 Å². The molecular formula is C25H28O6. The van der Waals surface area contributed by atoms with Crippen molar-refractivity contribution in [2.24, 2.45) is 11.8 Å². The van der Waals surface area contributed by atoms with Crippen LogP contribution in [-0.2, 0) is 47.9 Å². The summed E-state index contributed by atoms with van der Waals surface area (Å²) in [5.41, 5.74) is 3.67. The van der Waals surface area contributed by atoms with Crippen molar-refractivity contribution in [3.05, 3.63) is 70.8 Å². The number of ketones is 2. The van der Waals surface area contributed by atoms with Crippen LogP contribution in [0.2, 0.25) is 0 Å². The quantitative estimate of drug-likeness (QED) is 0.430. The molecule has 0 amide bonds. The lowest BCUT2D eigenvalue weighted by Gasteiger charge is -2.17. The number of esters is 2. The molecule has 2 rings (SSSR count). The average molecular weight is 424 g/mol. The van der Waals surface area contributed by atoms with E-state index in [0.717, 1.165) is 22.3 Å². The number of carbonyl (C=O) groups excluding carboxylic acids is 4. The van der Waals surface area contributed by atoms with E-state index in [9.17, 15) is 19.2 Å². The zero-order valence-corrected chi connectivity index (χ0v) is 18.3. The molecule has 31 heavy (non-hydrogen) atoms. The lowest BCUT2D eigenvalue weighted by Crippen LogP contribution is -2.26. The van der Waals surface area contributed by atoms with Crippen LogP contribution in [0.15, 0.2) is 48.5 Å². The second kappa shape index (κ2) is 11.2. The fraction of sp³-hybridized carbons (Fsp3) is 0.360. The van der Waals surface area contributed by atoms with E-state index in [4.69, 9.17) is 9.47 Å². The van der Waals surface area contributed by atoms with Gasteiger partial charge in [0.15, 0.2) is 0 Å². The molecule has 0 radical (unpaired) electrons. The number of carbonyl (C=O) groups is 4. The molecule has 2 unspecified atom stereocenters. The summed E-state index contributed by atoms with van der Waals surface area (Å²) in [6, 6.07) is 15.2. The van der Waals surface area contributed by atoms with Gasteiger partial charge in [0, 0.05) is 0 Å². The third kappa shape index (κ3) is 6.35. The van der Waals surface area contributed by atoms with Crippen LogP contribution in [0, 0.1) is 11.8 Å². The standard InChI is InChI=1S/C25H28O6/c1-16(26)22(24(28)30-3)14-20-11-7-5-9-18(20)13-19-10-6-8-12-21(19)15-23(17(2)27)25(29)31-4/h5-12,22-23H,13-15H2,1-4H3. The molecule has 2 atom stereocenters. The Morgan fingerprint density at radius 2 is 0.968 bits per heavy atom. The van der Waals surface area contributed by atoms with Gasteiger partial charge >= 0.3 is 11.9 Å². The molecular weight excluding hydrogens is 396 g/mol. The van der Waals surface area contributed by atoms with Gasteiger partial charge in [-0.1, -0.05) is 48.5 Å². The van der Waals surface area contributed by atoms with E-state index < -0.39 is 23.8 Å². The molecule has 164 valence electrons. The molecule has 0 fully saturated rings. The number of rotatable bonds is 10. The molecule has 0 saturated carbocycles. The van der Waals surface area contributed by atoms with E-state index in [1.165, 1.54) is 28.1 Å². The molecule has 0 bridgehead atoms. The second-order valence-corrected chi connectivity index (χ2v) is 7.50. The van der Waals surface area contributed by atoms with E-state index in [-0.39, 0.29) is 24.4 Å². The zero-order valence-electron chi connectivity index (χ0n) is 18.3. The maximum absolute atomic E-state index is 12.0. The van der Waals surface area contributed by atoms with Gasteiger partial charge in [0.05, 0.1) is 14.2 Å². The van der Waals surface area contributed by atoms with Gasteiger partial charge in [-0.3, -0.25) is 19.2 Å². The Kier molecular flexibility index (Phi) is 8.67. The normalized spacial score (nSPS) is 12.5. The third-order valence-corrected chi connectivity index (χ3v) is 5.42. The lowest BCUT2D eigenvalue weighted by molar-refractivity contribution is -0.150. The van der Waals surface area contributed by atoms with Crippen molar-refractivity contribution in [3.8, 4) is 0 Å². The zero-order chi connectivity index (χ0) is 23.0. The van der Waals surface area contributed by atoms with Crippen LogP contribution >= 0.6 is 0 Å². The first-order valence-electron chi connectivity index (χ1n) is 10.1. The highest BCUT2D eigenvalue weighted by Gasteiger charge is 2.27. The van der Waals surface area contributed by atoms with E-state index in [1.807, 2.05) is 48.5 Å². The van der Waals surface area contributed by atoms with Crippen LogP contribution in [0.5, 0.6) is 0 Å². The van der Waals surface area contributed by atoms with Crippen molar-refractivity contribution in [1.29, 1.82) is 0 Å². The number of methoxy groups -OCH3 is 2. The predicted molar refractivity (Wildman–Crippen MR) is 115 cm³/mol. The number of benzene rings is 2. The topological polar surface area (TPSA) is 86.7 Å².